The molecule has 0 amide bonds. The molecule has 0 aliphatic carbocycles. The van der Waals surface area contributed by atoms with Crippen molar-refractivity contribution in [3.63, 3.8) is 0 Å². The van der Waals surface area contributed by atoms with Crippen LogP contribution in [0.1, 0.15) is 0 Å². The predicted octanol–water partition coefficient (Wildman–Crippen LogP) is 12.8. The summed E-state index contributed by atoms with van der Waals surface area (Å²) in [6.45, 7) is 0. The normalized spacial score (nSPS) is 11.8. The van der Waals surface area contributed by atoms with Crippen LogP contribution in [0.2, 0.25) is 0 Å². The fourth-order valence-electron chi connectivity index (χ4n) is 8.69. The summed E-state index contributed by atoms with van der Waals surface area (Å²) >= 11 is 0. The van der Waals surface area contributed by atoms with Crippen molar-refractivity contribution in [3.05, 3.63) is 194 Å². The number of rotatable bonds is 5. The molecule has 6 heteroatoms. The number of hydrogen-bond donors (Lipinski definition) is 0. The molecule has 0 aliphatic heterocycles. The Labute approximate surface area is 333 Å². The van der Waals surface area contributed by atoms with Gasteiger partial charge in [0.25, 0.3) is 0 Å². The minimum Gasteiger partial charge on any atom is -0.290 e. The van der Waals surface area contributed by atoms with Crippen molar-refractivity contribution in [1.29, 1.82) is 0 Å². The quantitative estimate of drug-likeness (QED) is 0.176. The molecule has 0 radical (unpaired) electrons. The Balaban J connectivity index is 1.16. The Morgan fingerprint density at radius 1 is 0.328 bits per heavy atom. The van der Waals surface area contributed by atoms with Gasteiger partial charge < -0.3 is 0 Å². The standard InChI is InChI=1S/C52H32N6/c1-2-13-33(14-3-1)34-25-27-35(28-26-34)36-15-12-16-37(31-36)49-52(56-45-22-9-8-21-44(45)55-49)58-47-24-11-5-18-39(47)41-30-29-40-38-17-4-10-23-46(38)57(50(40)51(41)58)48-32-53-42-19-6-7-20-43(42)54-48/h1-32H. The Morgan fingerprint density at radius 3 is 1.53 bits per heavy atom. The average molecular weight is 741 g/mol. The van der Waals surface area contributed by atoms with Gasteiger partial charge in [-0.2, -0.15) is 0 Å². The third-order valence-electron chi connectivity index (χ3n) is 11.4. The smallest absolute Gasteiger partial charge is 0.165 e. The van der Waals surface area contributed by atoms with Crippen molar-refractivity contribution in [2.24, 2.45) is 0 Å². The average Bonchev–Trinajstić information content (AvgIpc) is 3.82. The van der Waals surface area contributed by atoms with Crippen LogP contribution in [-0.2, 0) is 0 Å². The van der Waals surface area contributed by atoms with E-state index >= 15 is 0 Å². The van der Waals surface area contributed by atoms with Gasteiger partial charge in [-0.1, -0.05) is 146 Å². The Hall–Kier alpha value is -7.96. The molecule has 0 bridgehead atoms. The van der Waals surface area contributed by atoms with E-state index in [0.717, 1.165) is 99.7 Å². The van der Waals surface area contributed by atoms with Crippen LogP contribution < -0.4 is 0 Å². The zero-order chi connectivity index (χ0) is 38.2. The van der Waals surface area contributed by atoms with Crippen LogP contribution in [-0.4, -0.2) is 29.1 Å². The van der Waals surface area contributed by atoms with Gasteiger partial charge in [-0.25, -0.2) is 15.0 Å². The van der Waals surface area contributed by atoms with Crippen LogP contribution in [0.25, 0.3) is 111 Å². The number of nitrogens with zero attached hydrogens (tertiary/aromatic N) is 6. The van der Waals surface area contributed by atoms with Crippen LogP contribution in [0.3, 0.4) is 0 Å². The van der Waals surface area contributed by atoms with Crippen LogP contribution in [0.4, 0.5) is 0 Å². The summed E-state index contributed by atoms with van der Waals surface area (Å²) < 4.78 is 4.60. The van der Waals surface area contributed by atoms with E-state index in [2.05, 4.69) is 149 Å². The molecule has 6 nitrogen and oxygen atoms in total. The number of hydrogen-bond acceptors (Lipinski definition) is 4. The zero-order valence-corrected chi connectivity index (χ0v) is 31.2. The van der Waals surface area contributed by atoms with Crippen molar-refractivity contribution < 1.29 is 0 Å². The predicted molar refractivity (Wildman–Crippen MR) is 238 cm³/mol. The summed E-state index contributed by atoms with van der Waals surface area (Å²) in [6.07, 6.45) is 1.89. The van der Waals surface area contributed by atoms with Gasteiger partial charge in [0.05, 0.1) is 50.3 Å². The summed E-state index contributed by atoms with van der Waals surface area (Å²) in [5.41, 5.74) is 14.0. The van der Waals surface area contributed by atoms with Crippen molar-refractivity contribution in [3.8, 4) is 45.1 Å². The van der Waals surface area contributed by atoms with Gasteiger partial charge in [-0.05, 0) is 64.7 Å². The molecule has 0 spiro atoms. The second kappa shape index (κ2) is 12.8. The van der Waals surface area contributed by atoms with E-state index in [0.29, 0.717) is 0 Å². The second-order valence-electron chi connectivity index (χ2n) is 14.7. The van der Waals surface area contributed by atoms with E-state index in [1.54, 1.807) is 0 Å². The van der Waals surface area contributed by atoms with E-state index in [1.807, 2.05) is 54.7 Å². The molecule has 4 aromatic heterocycles. The first-order valence-electron chi connectivity index (χ1n) is 19.5. The van der Waals surface area contributed by atoms with Gasteiger partial charge in [-0.3, -0.25) is 14.1 Å². The lowest BCUT2D eigenvalue weighted by molar-refractivity contribution is 1.06. The third kappa shape index (κ3) is 4.98. The number of para-hydroxylation sites is 6. The molecule has 0 fully saturated rings. The Morgan fingerprint density at radius 2 is 0.828 bits per heavy atom. The number of aromatic nitrogens is 6. The monoisotopic (exact) mass is 740 g/mol. The molecule has 12 aromatic rings. The minimum atomic E-state index is 0.755. The first-order chi connectivity index (χ1) is 28.8. The third-order valence-corrected chi connectivity index (χ3v) is 11.4. The molecule has 4 heterocycles. The van der Waals surface area contributed by atoms with Crippen molar-refractivity contribution in [1.82, 2.24) is 29.1 Å². The first-order valence-corrected chi connectivity index (χ1v) is 19.5. The molecule has 0 saturated heterocycles. The zero-order valence-electron chi connectivity index (χ0n) is 31.2. The lowest BCUT2D eigenvalue weighted by Crippen LogP contribution is -2.05. The van der Waals surface area contributed by atoms with E-state index in [1.165, 1.54) is 11.1 Å². The van der Waals surface area contributed by atoms with Crippen LogP contribution >= 0.6 is 0 Å². The fraction of sp³-hybridized carbons (Fsp3) is 0. The lowest BCUT2D eigenvalue weighted by Gasteiger charge is -2.16. The summed E-state index contributed by atoms with van der Waals surface area (Å²) in [6, 6.07) is 65.8. The molecular weight excluding hydrogens is 709 g/mol. The van der Waals surface area contributed by atoms with Gasteiger partial charge in [0.15, 0.2) is 11.6 Å². The molecule has 8 aromatic carbocycles. The molecule has 0 aliphatic rings. The number of fused-ring (bicyclic) bond motifs is 9. The maximum absolute atomic E-state index is 5.51. The van der Waals surface area contributed by atoms with E-state index in [4.69, 9.17) is 19.9 Å². The van der Waals surface area contributed by atoms with Gasteiger partial charge in [-0.15, -0.1) is 0 Å². The lowest BCUT2D eigenvalue weighted by atomic mass is 9.98. The number of benzene rings is 8. The highest BCUT2D eigenvalue weighted by Crippen LogP contribution is 2.43. The van der Waals surface area contributed by atoms with Crippen molar-refractivity contribution in [2.45, 2.75) is 0 Å². The highest BCUT2D eigenvalue weighted by atomic mass is 15.1. The van der Waals surface area contributed by atoms with Gasteiger partial charge in [0.1, 0.15) is 5.69 Å². The molecule has 0 atom stereocenters. The molecule has 58 heavy (non-hydrogen) atoms. The molecule has 0 unspecified atom stereocenters. The Bertz CT molecular complexity index is 3560. The second-order valence-corrected chi connectivity index (χ2v) is 14.7. The summed E-state index contributed by atoms with van der Waals surface area (Å²) in [7, 11) is 0. The Kier molecular flexibility index (Phi) is 7.13. The minimum absolute atomic E-state index is 0.755. The first kappa shape index (κ1) is 32.3. The molecule has 0 N–H and O–H groups in total. The van der Waals surface area contributed by atoms with E-state index < -0.39 is 0 Å². The van der Waals surface area contributed by atoms with Gasteiger partial charge >= 0.3 is 0 Å². The van der Waals surface area contributed by atoms with Gasteiger partial charge in [0, 0.05) is 27.1 Å². The van der Waals surface area contributed by atoms with E-state index in [9.17, 15) is 0 Å². The summed E-state index contributed by atoms with van der Waals surface area (Å²) in [5.74, 6) is 1.51. The summed E-state index contributed by atoms with van der Waals surface area (Å²) in [5, 5.41) is 4.52. The largest absolute Gasteiger partial charge is 0.290 e. The van der Waals surface area contributed by atoms with Crippen LogP contribution in [0, 0.1) is 0 Å². The molecular formula is C52H32N6. The van der Waals surface area contributed by atoms with E-state index in [-0.39, 0.29) is 0 Å². The highest BCUT2D eigenvalue weighted by Gasteiger charge is 2.25. The molecule has 12 rings (SSSR count). The highest BCUT2D eigenvalue weighted by molar-refractivity contribution is 6.24. The van der Waals surface area contributed by atoms with Crippen molar-refractivity contribution >= 4 is 65.7 Å². The molecule has 270 valence electrons. The topological polar surface area (TPSA) is 61.4 Å². The van der Waals surface area contributed by atoms with Crippen LogP contribution in [0.5, 0.6) is 0 Å². The van der Waals surface area contributed by atoms with Crippen molar-refractivity contribution in [2.75, 3.05) is 0 Å². The van der Waals surface area contributed by atoms with Crippen LogP contribution in [0.15, 0.2) is 194 Å². The molecule has 0 saturated carbocycles. The van der Waals surface area contributed by atoms with Gasteiger partial charge in [0.2, 0.25) is 0 Å². The maximum Gasteiger partial charge on any atom is 0.165 e. The summed E-state index contributed by atoms with van der Waals surface area (Å²) in [4.78, 5) is 21.0. The SMILES string of the molecule is c1ccc(-c2ccc(-c3cccc(-c4nc5ccccc5nc4-n4c5ccccc5c5ccc6c7ccccc7n(-c7cnc8ccccc8n7)c6c54)c3)cc2)cc1. The fourth-order valence-corrected chi connectivity index (χ4v) is 8.69. The maximum atomic E-state index is 5.51.